The average molecular weight is 698 g/mol. The lowest BCUT2D eigenvalue weighted by Gasteiger charge is -2.53. The summed E-state index contributed by atoms with van der Waals surface area (Å²) in [6, 6.07) is 12.6. The molecule has 5 N–H and O–H groups in total. The van der Waals surface area contributed by atoms with Gasteiger partial charge in [-0.05, 0) is 128 Å². The number of phenols is 1. The van der Waals surface area contributed by atoms with Crippen molar-refractivity contribution in [2.45, 2.75) is 97.1 Å². The van der Waals surface area contributed by atoms with Crippen molar-refractivity contribution in [2.24, 2.45) is 29.1 Å². The molecule has 3 aliphatic carbocycles. The fourth-order valence-electron chi connectivity index (χ4n) is 9.21. The molecule has 5 rings (SSSR count). The Bertz CT molecular complexity index is 1490. The van der Waals surface area contributed by atoms with Gasteiger partial charge in [-0.3, -0.25) is 14.5 Å². The third-order valence-electron chi connectivity index (χ3n) is 11.8. The third-order valence-corrected chi connectivity index (χ3v) is 11.8. The van der Waals surface area contributed by atoms with Crippen molar-refractivity contribution in [3.63, 3.8) is 0 Å². The van der Waals surface area contributed by atoms with Crippen LogP contribution in [0.4, 0.5) is 0 Å². The normalized spacial score (nSPS) is 25.4. The molecule has 50 heavy (non-hydrogen) atoms. The van der Waals surface area contributed by atoms with Crippen molar-refractivity contribution in [1.29, 1.82) is 0 Å². The summed E-state index contributed by atoms with van der Waals surface area (Å²) in [5.41, 5.74) is 1.85. The molecule has 0 heterocycles. The number of aliphatic carboxylic acids is 3. The summed E-state index contributed by atoms with van der Waals surface area (Å²) in [6.07, 6.45) is 5.19. The SMILES string of the molecule is CCN(CC)Cc1ccc(OCC[C@H]2CC[C@H]3[C@@H]4[C@H](C)Cc5cc(O)ccc5[C@H]4CC[C@]23C)c(OC)c1.O=C(O)CC(O)(CC(=O)O)C(=O)O. The summed E-state index contributed by atoms with van der Waals surface area (Å²) in [7, 11) is 1.75. The van der Waals surface area contributed by atoms with Crippen LogP contribution >= 0.6 is 0 Å². The first kappa shape index (κ1) is 39.0. The van der Waals surface area contributed by atoms with E-state index < -0.39 is 36.4 Å². The highest BCUT2D eigenvalue weighted by molar-refractivity contribution is 5.88. The molecule has 0 amide bonds. The summed E-state index contributed by atoms with van der Waals surface area (Å²) in [4.78, 5) is 32.9. The number of rotatable bonds is 14. The molecule has 2 fully saturated rings. The van der Waals surface area contributed by atoms with E-state index in [1.807, 2.05) is 12.1 Å². The number of carbonyl (C=O) groups is 3. The molecule has 276 valence electrons. The quantitative estimate of drug-likeness (QED) is 0.152. The molecule has 11 nitrogen and oxygen atoms in total. The van der Waals surface area contributed by atoms with E-state index >= 15 is 0 Å². The van der Waals surface area contributed by atoms with E-state index in [2.05, 4.69) is 56.9 Å². The van der Waals surface area contributed by atoms with Crippen LogP contribution in [0.15, 0.2) is 36.4 Å². The molecular weight excluding hydrogens is 642 g/mol. The Kier molecular flexibility index (Phi) is 12.8. The second kappa shape index (κ2) is 16.5. The minimum Gasteiger partial charge on any atom is -0.508 e. The van der Waals surface area contributed by atoms with Gasteiger partial charge in [0, 0.05) is 6.54 Å². The van der Waals surface area contributed by atoms with Crippen molar-refractivity contribution < 1.29 is 49.4 Å². The van der Waals surface area contributed by atoms with E-state index in [1.54, 1.807) is 7.11 Å². The average Bonchev–Trinajstić information content (AvgIpc) is 3.39. The molecule has 0 aliphatic heterocycles. The van der Waals surface area contributed by atoms with Crippen LogP contribution in [0.25, 0.3) is 0 Å². The van der Waals surface area contributed by atoms with Gasteiger partial charge in [-0.15, -0.1) is 0 Å². The Morgan fingerprint density at radius 3 is 2.24 bits per heavy atom. The molecule has 11 heteroatoms. The highest BCUT2D eigenvalue weighted by Gasteiger charge is 2.56. The molecule has 0 aromatic heterocycles. The standard InChI is InChI=1S/C33H47NO3.C6H8O7/c1-6-34(7-2)21-23-8-13-30(31(19-23)36-5)37-17-15-25-9-12-29-32-22(3)18-24-20-26(35)10-11-27(24)28(32)14-16-33(25,29)4;7-3(8)1-6(13,5(11)12)2-4(9)10/h8,10-11,13,19-20,22,25,28-29,32,35H,6-7,9,12,14-18,21H2,1-5H3;13H,1-2H2,(H,7,8)(H,9,10)(H,11,12)/t22-,25-,28-,29+,32-,33-;/m1./s1. The van der Waals surface area contributed by atoms with E-state index in [0.717, 1.165) is 68.3 Å². The Balaban J connectivity index is 0.000000369. The number of hydrogen-bond acceptors (Lipinski definition) is 8. The Morgan fingerprint density at radius 2 is 1.64 bits per heavy atom. The number of phenolic OH excluding ortho intramolecular Hbond substituents is 1. The fourth-order valence-corrected chi connectivity index (χ4v) is 9.21. The molecule has 2 aromatic carbocycles. The smallest absolute Gasteiger partial charge is 0.336 e. The predicted molar refractivity (Wildman–Crippen MR) is 188 cm³/mol. The van der Waals surface area contributed by atoms with E-state index in [4.69, 9.17) is 29.9 Å². The Morgan fingerprint density at radius 1 is 0.960 bits per heavy atom. The van der Waals surface area contributed by atoms with Gasteiger partial charge in [-0.2, -0.15) is 0 Å². The van der Waals surface area contributed by atoms with Gasteiger partial charge in [0.15, 0.2) is 17.1 Å². The Labute approximate surface area is 295 Å². The number of carboxylic acid groups (broad SMARTS) is 3. The zero-order valence-electron chi connectivity index (χ0n) is 30.1. The molecule has 2 saturated carbocycles. The number of carboxylic acids is 3. The number of methoxy groups -OCH3 is 1. The minimum absolute atomic E-state index is 0.408. The van der Waals surface area contributed by atoms with Gasteiger partial charge >= 0.3 is 17.9 Å². The number of fused-ring (bicyclic) bond motifs is 5. The van der Waals surface area contributed by atoms with Gasteiger partial charge < -0.3 is 35.0 Å². The van der Waals surface area contributed by atoms with Gasteiger partial charge in [-0.25, -0.2) is 4.79 Å². The first-order chi connectivity index (χ1) is 23.6. The van der Waals surface area contributed by atoms with Crippen LogP contribution in [0, 0.1) is 29.1 Å². The maximum absolute atomic E-state index is 10.3. The number of aromatic hydroxyl groups is 1. The van der Waals surface area contributed by atoms with E-state index in [-0.39, 0.29) is 0 Å². The van der Waals surface area contributed by atoms with Crippen LogP contribution < -0.4 is 9.47 Å². The summed E-state index contributed by atoms with van der Waals surface area (Å²) in [5.74, 6) is 0.735. The number of hydrogen-bond donors (Lipinski definition) is 5. The molecule has 0 spiro atoms. The first-order valence-electron chi connectivity index (χ1n) is 17.9. The van der Waals surface area contributed by atoms with Crippen molar-refractivity contribution in [3.05, 3.63) is 53.1 Å². The molecule has 0 bridgehead atoms. The second-order valence-electron chi connectivity index (χ2n) is 14.7. The minimum atomic E-state index is -2.74. The lowest BCUT2D eigenvalue weighted by Crippen LogP contribution is -2.45. The zero-order chi connectivity index (χ0) is 36.8. The van der Waals surface area contributed by atoms with Crippen LogP contribution in [-0.2, 0) is 27.3 Å². The van der Waals surface area contributed by atoms with Gasteiger partial charge in [0.1, 0.15) is 5.75 Å². The van der Waals surface area contributed by atoms with Gasteiger partial charge in [-0.1, -0.05) is 39.8 Å². The molecule has 0 radical (unpaired) electrons. The van der Waals surface area contributed by atoms with E-state index in [9.17, 15) is 19.5 Å². The molecule has 2 aromatic rings. The molecule has 6 atom stereocenters. The summed E-state index contributed by atoms with van der Waals surface area (Å²) in [6.45, 7) is 13.3. The number of ether oxygens (including phenoxy) is 2. The molecular formula is C39H55NO10. The van der Waals surface area contributed by atoms with Crippen molar-refractivity contribution >= 4 is 17.9 Å². The number of nitrogens with zero attached hydrogens (tertiary/aromatic N) is 1. The van der Waals surface area contributed by atoms with E-state index in [0.29, 0.717) is 23.0 Å². The molecule has 3 aliphatic rings. The van der Waals surface area contributed by atoms with Crippen molar-refractivity contribution in [1.82, 2.24) is 4.90 Å². The lowest BCUT2D eigenvalue weighted by molar-refractivity contribution is -0.170. The van der Waals surface area contributed by atoms with Gasteiger partial charge in [0.25, 0.3) is 0 Å². The zero-order valence-corrected chi connectivity index (χ0v) is 30.1. The predicted octanol–water partition coefficient (Wildman–Crippen LogP) is 6.18. The van der Waals surface area contributed by atoms with Crippen LogP contribution in [0.5, 0.6) is 17.2 Å². The summed E-state index contributed by atoms with van der Waals surface area (Å²) >= 11 is 0. The van der Waals surface area contributed by atoms with Crippen LogP contribution in [0.2, 0.25) is 0 Å². The molecule has 0 unspecified atom stereocenters. The monoisotopic (exact) mass is 697 g/mol. The maximum Gasteiger partial charge on any atom is 0.336 e. The number of aliphatic hydroxyl groups is 1. The maximum atomic E-state index is 10.3. The summed E-state index contributed by atoms with van der Waals surface area (Å²) in [5, 5.41) is 43.9. The molecule has 0 saturated heterocycles. The topological polar surface area (TPSA) is 174 Å². The Hall–Kier alpha value is -3.83. The van der Waals surface area contributed by atoms with Crippen LogP contribution in [0.1, 0.15) is 95.2 Å². The largest absolute Gasteiger partial charge is 0.508 e. The van der Waals surface area contributed by atoms with E-state index in [1.165, 1.54) is 42.4 Å². The highest BCUT2D eigenvalue weighted by Crippen LogP contribution is 2.64. The lowest BCUT2D eigenvalue weighted by atomic mass is 9.51. The fraction of sp³-hybridized carbons (Fsp3) is 0.615. The first-order valence-corrected chi connectivity index (χ1v) is 17.9. The summed E-state index contributed by atoms with van der Waals surface area (Å²) < 4.78 is 12.1. The number of benzene rings is 2. The third kappa shape index (κ3) is 8.72. The van der Waals surface area contributed by atoms with Gasteiger partial charge in [0.2, 0.25) is 0 Å². The highest BCUT2D eigenvalue weighted by atomic mass is 16.5. The van der Waals surface area contributed by atoms with Crippen LogP contribution in [-0.4, -0.2) is 80.7 Å². The van der Waals surface area contributed by atoms with Crippen LogP contribution in [0.3, 0.4) is 0 Å². The van der Waals surface area contributed by atoms with Crippen molar-refractivity contribution in [3.8, 4) is 17.2 Å². The van der Waals surface area contributed by atoms with Crippen molar-refractivity contribution in [2.75, 3.05) is 26.8 Å². The van der Waals surface area contributed by atoms with Gasteiger partial charge in [0.05, 0.1) is 26.6 Å². The second-order valence-corrected chi connectivity index (χ2v) is 14.7.